The highest BCUT2D eigenvalue weighted by molar-refractivity contribution is 7.74. The van der Waals surface area contributed by atoms with Gasteiger partial charge in [0.05, 0.1) is 17.5 Å². The summed E-state index contributed by atoms with van der Waals surface area (Å²) < 4.78 is 23.5. The average molecular weight is 181 g/mol. The lowest BCUT2D eigenvalue weighted by Gasteiger charge is -2.08. The summed E-state index contributed by atoms with van der Waals surface area (Å²) in [6, 6.07) is 0. The van der Waals surface area contributed by atoms with Gasteiger partial charge < -0.3 is 15.6 Å². The van der Waals surface area contributed by atoms with E-state index < -0.39 is 30.0 Å². The molecule has 3 N–H and O–H groups in total. The Morgan fingerprint density at radius 1 is 1.91 bits per heavy atom. The van der Waals surface area contributed by atoms with Gasteiger partial charge in [-0.2, -0.15) is 0 Å². The molecule has 0 aromatic heterocycles. The Balaban J connectivity index is 3.45. The van der Waals surface area contributed by atoms with E-state index in [-0.39, 0.29) is 0 Å². The zero-order valence-electron chi connectivity index (χ0n) is 5.90. The van der Waals surface area contributed by atoms with Crippen LogP contribution in [0.4, 0.5) is 0 Å². The molecule has 0 heterocycles. The van der Waals surface area contributed by atoms with E-state index in [2.05, 4.69) is 9.50 Å². The van der Waals surface area contributed by atoms with Crippen LogP contribution in [0.1, 0.15) is 6.92 Å². The summed E-state index contributed by atoms with van der Waals surface area (Å²) in [6.07, 6.45) is -0.508. The van der Waals surface area contributed by atoms with Crippen LogP contribution in [-0.2, 0) is 20.3 Å². The van der Waals surface area contributed by atoms with Gasteiger partial charge in [-0.3, -0.25) is 8.98 Å². The molecule has 2 atom stereocenters. The molecule has 0 aliphatic carbocycles. The molecule has 0 aliphatic rings. The maximum atomic E-state index is 10.6. The van der Waals surface area contributed by atoms with Crippen LogP contribution in [0.3, 0.4) is 0 Å². The molecule has 0 radical (unpaired) electrons. The Labute approximate surface area is 66.6 Å². The Morgan fingerprint density at radius 2 is 2.45 bits per heavy atom. The number of rotatable bonds is 4. The van der Waals surface area contributed by atoms with E-state index in [1.807, 2.05) is 0 Å². The van der Waals surface area contributed by atoms with Crippen LogP contribution < -0.4 is 11.1 Å². The molecule has 0 fully saturated rings. The van der Waals surface area contributed by atoms with E-state index in [0.717, 1.165) is 0 Å². The van der Waals surface area contributed by atoms with E-state index in [1.54, 1.807) is 6.92 Å². The molecule has 0 rings (SSSR count). The molecular weight excluding hydrogens is 172 g/mol. The first-order chi connectivity index (χ1) is 5.02. The highest BCUT2D eigenvalue weighted by atomic mass is 32.2. The van der Waals surface area contributed by atoms with Crippen LogP contribution in [0.2, 0.25) is 0 Å². The molecule has 2 unspecified atom stereocenters. The van der Waals surface area contributed by atoms with Crippen molar-refractivity contribution in [2.75, 3.05) is 6.61 Å². The zero-order valence-corrected chi connectivity index (χ0v) is 6.72. The molecule has 66 valence electrons. The molecule has 0 aromatic carbocycles. The fraction of sp³-hybridized carbons (Fsp3) is 0.750. The predicted octanol–water partition coefficient (Wildman–Crippen LogP) is -1.78. The van der Waals surface area contributed by atoms with Gasteiger partial charge >= 0.3 is 0 Å². The van der Waals surface area contributed by atoms with E-state index >= 15 is 0 Å². The average Bonchev–Trinajstić information content (AvgIpc) is 1.82. The Bertz CT molecular complexity index is 160. The summed E-state index contributed by atoms with van der Waals surface area (Å²) >= 11 is -2.65. The minimum Gasteiger partial charge on any atom is -0.750 e. The highest BCUT2D eigenvalue weighted by Gasteiger charge is 2.02. The van der Waals surface area contributed by atoms with Crippen LogP contribution in [0.15, 0.2) is 0 Å². The van der Waals surface area contributed by atoms with Crippen LogP contribution in [0.25, 0.3) is 0 Å². The monoisotopic (exact) mass is 181 g/mol. The summed E-state index contributed by atoms with van der Waals surface area (Å²) in [6.45, 7) is 1.02. The van der Waals surface area contributed by atoms with Crippen LogP contribution in [0.5, 0.6) is 0 Å². The highest BCUT2D eigenvalue weighted by Crippen LogP contribution is 1.78. The van der Waals surface area contributed by atoms with Gasteiger partial charge in [-0.1, -0.05) is 0 Å². The van der Waals surface area contributed by atoms with Crippen molar-refractivity contribution in [2.24, 2.45) is 5.73 Å². The van der Waals surface area contributed by atoms with Gasteiger partial charge in [-0.05, 0) is 6.92 Å². The summed E-state index contributed by atoms with van der Waals surface area (Å²) in [5.41, 5.74) is 5.16. The molecule has 6 nitrogen and oxygen atoms in total. The van der Waals surface area contributed by atoms with Crippen molar-refractivity contribution in [1.82, 2.24) is 5.32 Å². The first-order valence-electron chi connectivity index (χ1n) is 2.80. The Hall–Kier alpha value is -0.500. The SMILES string of the molecule is CC(N)NC(=O)COS(=O)[O-]. The summed E-state index contributed by atoms with van der Waals surface area (Å²) in [7, 11) is 0. The number of nitrogens with two attached hydrogens (primary N) is 1. The Morgan fingerprint density at radius 3 is 2.82 bits per heavy atom. The Kier molecular flexibility index (Phi) is 4.95. The van der Waals surface area contributed by atoms with Gasteiger partial charge in [0, 0.05) is 0 Å². The lowest BCUT2D eigenvalue weighted by molar-refractivity contribution is -0.123. The summed E-state index contributed by atoms with van der Waals surface area (Å²) in [4.78, 5) is 10.6. The minimum absolute atomic E-state index is 0.508. The fourth-order valence-corrected chi connectivity index (χ4v) is 0.600. The van der Waals surface area contributed by atoms with Gasteiger partial charge in [0.2, 0.25) is 5.91 Å². The van der Waals surface area contributed by atoms with Crippen LogP contribution in [0, 0.1) is 0 Å². The van der Waals surface area contributed by atoms with Gasteiger partial charge in [-0.25, -0.2) is 4.21 Å². The third-order valence-corrected chi connectivity index (χ3v) is 0.985. The van der Waals surface area contributed by atoms with Crippen LogP contribution in [-0.4, -0.2) is 27.4 Å². The first kappa shape index (κ1) is 10.5. The largest absolute Gasteiger partial charge is 0.750 e. The maximum Gasteiger partial charge on any atom is 0.248 e. The molecule has 0 bridgehead atoms. The number of nitrogens with one attached hydrogen (secondary N) is 1. The van der Waals surface area contributed by atoms with Crippen molar-refractivity contribution in [3.8, 4) is 0 Å². The number of hydrogen-bond acceptors (Lipinski definition) is 5. The fourth-order valence-electron chi connectivity index (χ4n) is 0.397. The lowest BCUT2D eigenvalue weighted by atomic mass is 10.5. The topological polar surface area (TPSA) is 104 Å². The molecule has 0 saturated carbocycles. The zero-order chi connectivity index (χ0) is 8.85. The molecule has 0 aromatic rings. The molecule has 0 aliphatic heterocycles. The van der Waals surface area contributed by atoms with Crippen molar-refractivity contribution >= 4 is 17.3 Å². The summed E-state index contributed by atoms with van der Waals surface area (Å²) in [5.74, 6) is -0.566. The van der Waals surface area contributed by atoms with E-state index in [9.17, 15) is 13.6 Å². The quantitative estimate of drug-likeness (QED) is 0.394. The second kappa shape index (κ2) is 5.19. The van der Waals surface area contributed by atoms with Crippen molar-refractivity contribution in [3.63, 3.8) is 0 Å². The standard InChI is InChI=1S/C4H10N2O4S/c1-3(5)6-4(7)2-10-11(8)9/h3H,2,5H2,1H3,(H,6,7)(H,8,9)/p-1. The molecule has 0 spiro atoms. The number of amides is 1. The number of carbonyl (C=O) groups is 1. The number of hydrogen-bond donors (Lipinski definition) is 2. The predicted molar refractivity (Wildman–Crippen MR) is 36.7 cm³/mol. The minimum atomic E-state index is -2.65. The third-order valence-electron chi connectivity index (χ3n) is 0.675. The van der Waals surface area contributed by atoms with Crippen molar-refractivity contribution < 1.29 is 17.7 Å². The van der Waals surface area contributed by atoms with E-state index in [4.69, 9.17) is 5.73 Å². The van der Waals surface area contributed by atoms with Gasteiger partial charge in [0.15, 0.2) is 0 Å². The molecular formula is C4H9N2O4S-. The molecule has 11 heavy (non-hydrogen) atoms. The van der Waals surface area contributed by atoms with Crippen molar-refractivity contribution in [3.05, 3.63) is 0 Å². The van der Waals surface area contributed by atoms with Crippen molar-refractivity contribution in [2.45, 2.75) is 13.1 Å². The van der Waals surface area contributed by atoms with Gasteiger partial charge in [-0.15, -0.1) is 0 Å². The molecule has 1 amide bonds. The summed E-state index contributed by atoms with van der Waals surface area (Å²) in [5, 5.41) is 2.24. The van der Waals surface area contributed by atoms with Crippen LogP contribution >= 0.6 is 0 Å². The maximum absolute atomic E-state index is 10.6. The van der Waals surface area contributed by atoms with Gasteiger partial charge in [0.25, 0.3) is 0 Å². The third kappa shape index (κ3) is 7.40. The number of carbonyl (C=O) groups excluding carboxylic acids is 1. The van der Waals surface area contributed by atoms with Gasteiger partial charge in [0.1, 0.15) is 6.61 Å². The second-order valence-electron chi connectivity index (χ2n) is 1.82. The molecule has 0 saturated heterocycles. The molecule has 7 heteroatoms. The van der Waals surface area contributed by atoms with Crippen molar-refractivity contribution in [1.29, 1.82) is 0 Å². The second-order valence-corrected chi connectivity index (χ2v) is 2.47. The lowest BCUT2D eigenvalue weighted by Crippen LogP contribution is -2.40. The first-order valence-corrected chi connectivity index (χ1v) is 3.80. The normalized spacial score (nSPS) is 15.5. The van der Waals surface area contributed by atoms with E-state index in [0.29, 0.717) is 0 Å². The van der Waals surface area contributed by atoms with E-state index in [1.165, 1.54) is 0 Å². The smallest absolute Gasteiger partial charge is 0.248 e.